The first-order valence-electron chi connectivity index (χ1n) is 17.7. The number of piperidine rings is 1. The van der Waals surface area contributed by atoms with Gasteiger partial charge >= 0.3 is 0 Å². The lowest BCUT2D eigenvalue weighted by atomic mass is 9.89. The first-order chi connectivity index (χ1) is 24.2. The van der Waals surface area contributed by atoms with Crippen LogP contribution in [0.2, 0.25) is 0 Å². The maximum atomic E-state index is 14.7. The van der Waals surface area contributed by atoms with Crippen molar-refractivity contribution in [3.63, 3.8) is 0 Å². The summed E-state index contributed by atoms with van der Waals surface area (Å²) in [6, 6.07) is 22.2. The molecule has 10 nitrogen and oxygen atoms in total. The molecular weight excluding hydrogens is 628 g/mol. The summed E-state index contributed by atoms with van der Waals surface area (Å²) in [4.78, 5) is 62.5. The Morgan fingerprint density at radius 2 is 1.66 bits per heavy atom. The van der Waals surface area contributed by atoms with Crippen LogP contribution < -0.4 is 15.5 Å². The van der Waals surface area contributed by atoms with Crippen LogP contribution in [0, 0.1) is 11.8 Å². The average Bonchev–Trinajstić information content (AvgIpc) is 3.52. The van der Waals surface area contributed by atoms with Crippen molar-refractivity contribution in [1.29, 1.82) is 0 Å². The van der Waals surface area contributed by atoms with Gasteiger partial charge < -0.3 is 30.3 Å². The molecule has 4 aromatic rings. The maximum absolute atomic E-state index is 14.7. The van der Waals surface area contributed by atoms with Gasteiger partial charge in [-0.15, -0.1) is 0 Å². The molecule has 0 aliphatic carbocycles. The zero-order valence-electron chi connectivity index (χ0n) is 29.3. The second kappa shape index (κ2) is 15.7. The van der Waals surface area contributed by atoms with Crippen LogP contribution in [0.25, 0.3) is 10.9 Å². The van der Waals surface area contributed by atoms with Crippen LogP contribution in [0.1, 0.15) is 54.1 Å². The summed E-state index contributed by atoms with van der Waals surface area (Å²) < 4.78 is 0. The number of amides is 4. The van der Waals surface area contributed by atoms with Crippen molar-refractivity contribution in [2.75, 3.05) is 50.5 Å². The summed E-state index contributed by atoms with van der Waals surface area (Å²) in [7, 11) is 4.04. The van der Waals surface area contributed by atoms with E-state index < -0.39 is 6.04 Å². The van der Waals surface area contributed by atoms with E-state index in [1.54, 1.807) is 0 Å². The molecule has 4 amide bonds. The molecule has 2 aliphatic rings. The topological polar surface area (TPSA) is 118 Å². The molecular formula is C40H48N6O4. The van der Waals surface area contributed by atoms with E-state index in [-0.39, 0.29) is 29.5 Å². The minimum absolute atomic E-state index is 0.0525. The number of aromatic nitrogens is 1. The number of likely N-dealkylation sites (tertiary alicyclic amines) is 1. The van der Waals surface area contributed by atoms with Gasteiger partial charge in [-0.2, -0.15) is 0 Å². The molecule has 2 atom stereocenters. The molecule has 0 spiro atoms. The van der Waals surface area contributed by atoms with Crippen LogP contribution in [-0.2, 0) is 27.2 Å². The lowest BCUT2D eigenvalue weighted by molar-refractivity contribution is -0.127. The standard InChI is InChI=1S/C40H48N6O4/c1-27(47)42-35-14-9-15-37-33(35)22-29(25-44(2)3)26-46(37)40(50)36(23-31-24-41-34-13-8-7-12-32(31)34)43-38(48)17-16-28-18-20-45(21-19-28)39(49)30-10-5-4-6-11-30/h4-15,24,28-29,36,41H,16-23,25-26H2,1-3H3,(H,42,47)(H,43,48)/t29?,36-/m1/s1. The third-order valence-electron chi connectivity index (χ3n) is 10.0. The summed E-state index contributed by atoms with van der Waals surface area (Å²) >= 11 is 0. The molecule has 10 heteroatoms. The number of aromatic amines is 1. The summed E-state index contributed by atoms with van der Waals surface area (Å²) in [6.07, 6.45) is 5.69. The molecule has 2 aliphatic heterocycles. The molecule has 1 aromatic heterocycles. The van der Waals surface area contributed by atoms with E-state index in [1.165, 1.54) is 6.92 Å². The van der Waals surface area contributed by atoms with Gasteiger partial charge in [0.2, 0.25) is 17.7 Å². The second-order valence-electron chi connectivity index (χ2n) is 14.1. The van der Waals surface area contributed by atoms with Crippen molar-refractivity contribution in [2.24, 2.45) is 11.8 Å². The van der Waals surface area contributed by atoms with Crippen molar-refractivity contribution in [1.82, 2.24) is 20.1 Å². The Bertz CT molecular complexity index is 1830. The van der Waals surface area contributed by atoms with Crippen LogP contribution in [0.5, 0.6) is 0 Å². The van der Waals surface area contributed by atoms with Crippen molar-refractivity contribution >= 4 is 45.9 Å². The van der Waals surface area contributed by atoms with Gasteiger partial charge in [-0.05, 0) is 93.1 Å². The van der Waals surface area contributed by atoms with E-state index in [1.807, 2.05) is 103 Å². The molecule has 1 saturated heterocycles. The molecule has 0 saturated carbocycles. The highest BCUT2D eigenvalue weighted by Gasteiger charge is 2.35. The van der Waals surface area contributed by atoms with E-state index >= 15 is 0 Å². The van der Waals surface area contributed by atoms with Gasteiger partial charge in [0.05, 0.1) is 0 Å². The molecule has 1 unspecified atom stereocenters. The number of H-pyrrole nitrogens is 1. The van der Waals surface area contributed by atoms with Crippen LogP contribution >= 0.6 is 0 Å². The number of carbonyl (C=O) groups is 4. The van der Waals surface area contributed by atoms with Gasteiger partial charge in [-0.25, -0.2) is 0 Å². The molecule has 262 valence electrons. The number of para-hydroxylation sites is 1. The van der Waals surface area contributed by atoms with Crippen LogP contribution in [-0.4, -0.2) is 84.7 Å². The zero-order chi connectivity index (χ0) is 35.2. The van der Waals surface area contributed by atoms with Crippen LogP contribution in [0.4, 0.5) is 11.4 Å². The first kappa shape index (κ1) is 34.9. The molecule has 0 radical (unpaired) electrons. The normalized spacial score (nSPS) is 17.0. The highest BCUT2D eigenvalue weighted by molar-refractivity contribution is 6.02. The SMILES string of the molecule is CC(=O)Nc1cccc2c1CC(CN(C)C)CN2C(=O)[C@@H](Cc1c[nH]c2ccccc12)NC(=O)CCC1CCN(C(=O)c2ccccc2)CC1. The number of nitrogens with zero attached hydrogens (tertiary/aromatic N) is 3. The molecule has 3 N–H and O–H groups in total. The summed E-state index contributed by atoms with van der Waals surface area (Å²) in [5.74, 6) is 0.0403. The summed E-state index contributed by atoms with van der Waals surface area (Å²) in [6.45, 7) is 4.11. The molecule has 3 aromatic carbocycles. The molecule has 0 bridgehead atoms. The fourth-order valence-corrected chi connectivity index (χ4v) is 7.60. The van der Waals surface area contributed by atoms with E-state index in [9.17, 15) is 19.2 Å². The van der Waals surface area contributed by atoms with Gasteiger partial charge in [0.15, 0.2) is 0 Å². The number of rotatable bonds is 11. The van der Waals surface area contributed by atoms with Crippen molar-refractivity contribution in [2.45, 2.75) is 51.5 Å². The van der Waals surface area contributed by atoms with E-state index in [2.05, 4.69) is 20.5 Å². The van der Waals surface area contributed by atoms with Gasteiger partial charge in [0.25, 0.3) is 5.91 Å². The van der Waals surface area contributed by atoms with Crippen LogP contribution in [0.3, 0.4) is 0 Å². The molecule has 1 fully saturated rings. The first-order valence-corrected chi connectivity index (χ1v) is 17.7. The quantitative estimate of drug-likeness (QED) is 0.201. The summed E-state index contributed by atoms with van der Waals surface area (Å²) in [5, 5.41) is 7.13. The Morgan fingerprint density at radius 3 is 2.40 bits per heavy atom. The minimum Gasteiger partial charge on any atom is -0.361 e. The lowest BCUT2D eigenvalue weighted by Crippen LogP contribution is -2.53. The van der Waals surface area contributed by atoms with Gasteiger partial charge in [0, 0.05) is 80.0 Å². The van der Waals surface area contributed by atoms with E-state index in [0.29, 0.717) is 56.1 Å². The fourth-order valence-electron chi connectivity index (χ4n) is 7.60. The predicted octanol–water partition coefficient (Wildman–Crippen LogP) is 5.25. The van der Waals surface area contributed by atoms with Crippen LogP contribution in [0.15, 0.2) is 79.0 Å². The lowest BCUT2D eigenvalue weighted by Gasteiger charge is -2.38. The van der Waals surface area contributed by atoms with Crippen molar-refractivity contribution < 1.29 is 19.2 Å². The number of benzene rings is 3. The van der Waals surface area contributed by atoms with Gasteiger partial charge in [-0.1, -0.05) is 42.5 Å². The van der Waals surface area contributed by atoms with Crippen molar-refractivity contribution in [3.8, 4) is 0 Å². The number of fused-ring (bicyclic) bond motifs is 2. The Morgan fingerprint density at radius 1 is 0.920 bits per heavy atom. The second-order valence-corrected chi connectivity index (χ2v) is 14.1. The average molecular weight is 677 g/mol. The Kier molecular flexibility index (Phi) is 11.0. The third-order valence-corrected chi connectivity index (χ3v) is 10.0. The van der Waals surface area contributed by atoms with Crippen molar-refractivity contribution in [3.05, 3.63) is 95.7 Å². The molecule has 6 rings (SSSR count). The number of hydrogen-bond acceptors (Lipinski definition) is 5. The highest BCUT2D eigenvalue weighted by atomic mass is 16.2. The van der Waals surface area contributed by atoms with Gasteiger partial charge in [0.1, 0.15) is 6.04 Å². The molecule has 3 heterocycles. The Labute approximate surface area is 294 Å². The van der Waals surface area contributed by atoms with E-state index in [0.717, 1.165) is 53.5 Å². The zero-order valence-corrected chi connectivity index (χ0v) is 29.3. The maximum Gasteiger partial charge on any atom is 0.253 e. The van der Waals surface area contributed by atoms with E-state index in [4.69, 9.17) is 0 Å². The highest BCUT2D eigenvalue weighted by Crippen LogP contribution is 2.36. The predicted molar refractivity (Wildman–Crippen MR) is 197 cm³/mol. The third kappa shape index (κ3) is 8.25. The number of carbonyl (C=O) groups excluding carboxylic acids is 4. The number of hydrogen-bond donors (Lipinski definition) is 3. The Hall–Kier alpha value is -4.96. The van der Waals surface area contributed by atoms with Gasteiger partial charge in [-0.3, -0.25) is 19.2 Å². The smallest absolute Gasteiger partial charge is 0.253 e. The molecule has 50 heavy (non-hydrogen) atoms. The monoisotopic (exact) mass is 676 g/mol. The number of anilines is 2. The number of nitrogens with one attached hydrogen (secondary N) is 3. The minimum atomic E-state index is -0.789. The fraction of sp³-hybridized carbons (Fsp3) is 0.400. The Balaban J connectivity index is 1.18. The summed E-state index contributed by atoms with van der Waals surface area (Å²) in [5.41, 5.74) is 5.06. The largest absolute Gasteiger partial charge is 0.361 e.